The Morgan fingerprint density at radius 2 is 1.97 bits per heavy atom. The fourth-order valence-corrected chi connectivity index (χ4v) is 6.03. The second-order valence-corrected chi connectivity index (χ2v) is 11.8. The van der Waals surface area contributed by atoms with Crippen LogP contribution in [0.3, 0.4) is 0 Å². The van der Waals surface area contributed by atoms with Crippen molar-refractivity contribution in [2.24, 2.45) is 5.92 Å². The Balaban J connectivity index is 1.79. The first-order valence-electron chi connectivity index (χ1n) is 11.2. The number of anilines is 1. The van der Waals surface area contributed by atoms with Crippen LogP contribution in [-0.4, -0.2) is 49.8 Å². The molecule has 36 heavy (non-hydrogen) atoms. The third-order valence-corrected chi connectivity index (χ3v) is 8.08. The molecule has 1 aliphatic carbocycles. The van der Waals surface area contributed by atoms with Crippen LogP contribution in [0.1, 0.15) is 33.2 Å². The van der Waals surface area contributed by atoms with Crippen molar-refractivity contribution in [2.75, 3.05) is 12.3 Å². The van der Waals surface area contributed by atoms with Crippen molar-refractivity contribution < 1.29 is 28.3 Å². The van der Waals surface area contributed by atoms with Crippen LogP contribution in [0.5, 0.6) is 5.75 Å². The summed E-state index contributed by atoms with van der Waals surface area (Å²) in [7, 11) is -4.17. The molecule has 0 spiro atoms. The highest BCUT2D eigenvalue weighted by Crippen LogP contribution is 2.52. The largest absolute Gasteiger partial charge is 0.462 e. The molecule has 2 aromatic rings. The average molecular weight is 563 g/mol. The standard InChI is InChI=1S/C22H29Cl2N4O7P/c1-13(2)34-20(30)14(3)27-36(32,35-16-7-5-4-6-8-16)33-12-15-11-17(22(23,24)19(15)29)28-10-9-18(25)26-21(28)31/h4-10,13-15,17,19,29H,11-12H2,1-3H3,(H,27,32)(H2,25,26,31)/t14-,15-,17-,19-,36?/m1/s1. The van der Waals surface area contributed by atoms with Gasteiger partial charge in [0.25, 0.3) is 0 Å². The van der Waals surface area contributed by atoms with Crippen molar-refractivity contribution in [2.45, 2.75) is 55.8 Å². The van der Waals surface area contributed by atoms with Crippen LogP contribution in [-0.2, 0) is 18.6 Å². The van der Waals surface area contributed by atoms with E-state index in [9.17, 15) is 19.3 Å². The molecular weight excluding hydrogens is 534 g/mol. The van der Waals surface area contributed by atoms with Crippen molar-refractivity contribution >= 4 is 42.7 Å². The molecule has 5 atom stereocenters. The number of aliphatic hydroxyl groups is 1. The summed E-state index contributed by atoms with van der Waals surface area (Å²) in [6.07, 6.45) is -0.258. The van der Waals surface area contributed by atoms with Crippen molar-refractivity contribution in [3.05, 3.63) is 53.1 Å². The van der Waals surface area contributed by atoms with Gasteiger partial charge in [0.2, 0.25) is 0 Å². The predicted octanol–water partition coefficient (Wildman–Crippen LogP) is 3.05. The summed E-state index contributed by atoms with van der Waals surface area (Å²) in [5.74, 6) is -1.14. The number of aromatic nitrogens is 2. The number of esters is 1. The number of carbonyl (C=O) groups is 1. The maximum absolute atomic E-state index is 13.7. The molecule has 1 aromatic heterocycles. The average Bonchev–Trinajstić information content (AvgIpc) is 3.01. The van der Waals surface area contributed by atoms with E-state index in [1.54, 1.807) is 44.2 Å². The highest BCUT2D eigenvalue weighted by molar-refractivity contribution is 7.52. The van der Waals surface area contributed by atoms with Crippen LogP contribution in [0.25, 0.3) is 0 Å². The zero-order chi connectivity index (χ0) is 26.7. The summed E-state index contributed by atoms with van der Waals surface area (Å²) >= 11 is 12.9. The lowest BCUT2D eigenvalue weighted by Gasteiger charge is -2.27. The third-order valence-electron chi connectivity index (χ3n) is 5.48. The second-order valence-electron chi connectivity index (χ2n) is 8.71. The minimum absolute atomic E-state index is 0.0274. The Morgan fingerprint density at radius 3 is 2.58 bits per heavy atom. The highest BCUT2D eigenvalue weighted by atomic mass is 35.5. The number of rotatable bonds is 10. The van der Waals surface area contributed by atoms with Crippen molar-refractivity contribution in [1.82, 2.24) is 14.6 Å². The predicted molar refractivity (Wildman–Crippen MR) is 135 cm³/mol. The maximum atomic E-state index is 13.7. The van der Waals surface area contributed by atoms with Crippen LogP contribution in [0.2, 0.25) is 0 Å². The number of benzene rings is 1. The van der Waals surface area contributed by atoms with Gasteiger partial charge in [-0.2, -0.15) is 10.1 Å². The minimum Gasteiger partial charge on any atom is -0.462 e. The normalized spacial score (nSPS) is 23.7. The molecule has 1 saturated carbocycles. The summed E-state index contributed by atoms with van der Waals surface area (Å²) in [6.45, 7) is 4.51. The maximum Gasteiger partial charge on any atom is 0.459 e. The van der Waals surface area contributed by atoms with Gasteiger partial charge >= 0.3 is 19.4 Å². The first-order chi connectivity index (χ1) is 16.8. The number of halogens is 2. The number of nitrogens with zero attached hydrogens (tertiary/aromatic N) is 2. The van der Waals surface area contributed by atoms with Gasteiger partial charge in [0.05, 0.1) is 24.9 Å². The van der Waals surface area contributed by atoms with Crippen molar-refractivity contribution in [3.63, 3.8) is 0 Å². The number of carbonyl (C=O) groups excluding carboxylic acids is 1. The summed E-state index contributed by atoms with van der Waals surface area (Å²) in [6, 6.07) is 7.74. The van der Waals surface area contributed by atoms with E-state index in [0.717, 1.165) is 0 Å². The first kappa shape index (κ1) is 28.4. The highest BCUT2D eigenvalue weighted by Gasteiger charge is 2.54. The van der Waals surface area contributed by atoms with Gasteiger partial charge in [-0.3, -0.25) is 13.9 Å². The molecule has 0 bridgehead atoms. The Bertz CT molecular complexity index is 1160. The zero-order valence-corrected chi connectivity index (χ0v) is 22.3. The molecule has 0 saturated heterocycles. The lowest BCUT2D eigenvalue weighted by Crippen LogP contribution is -2.39. The van der Waals surface area contributed by atoms with E-state index in [1.165, 1.54) is 23.8 Å². The molecule has 1 heterocycles. The fraction of sp³-hybridized carbons (Fsp3) is 0.500. The SMILES string of the molecule is CC(C)OC(=O)[C@@H](C)NP(=O)(OC[C@H]1C[C@@H](n2ccc(N)nc2=O)C(Cl)(Cl)[C@@H]1O)Oc1ccccc1. The first-order valence-corrected chi connectivity index (χ1v) is 13.5. The second kappa shape index (κ2) is 11.5. The van der Waals surface area contributed by atoms with Crippen LogP contribution < -0.4 is 21.0 Å². The zero-order valence-electron chi connectivity index (χ0n) is 19.9. The Kier molecular flexibility index (Phi) is 9.08. The molecule has 3 rings (SSSR count). The van der Waals surface area contributed by atoms with Crippen LogP contribution in [0.15, 0.2) is 47.4 Å². The number of nitrogens with two attached hydrogens (primary N) is 1. The number of para-hydroxylation sites is 1. The Labute approximate surface area is 218 Å². The van der Waals surface area contributed by atoms with Crippen LogP contribution in [0.4, 0.5) is 5.82 Å². The molecule has 0 amide bonds. The van der Waals surface area contributed by atoms with Crippen molar-refractivity contribution in [1.29, 1.82) is 0 Å². The van der Waals surface area contributed by atoms with Crippen LogP contribution >= 0.6 is 30.9 Å². The molecule has 1 aromatic carbocycles. The quantitative estimate of drug-likeness (QED) is 0.223. The number of nitrogen functional groups attached to an aromatic ring is 1. The molecule has 4 N–H and O–H groups in total. The van der Waals surface area contributed by atoms with Gasteiger partial charge in [0.1, 0.15) is 17.6 Å². The molecule has 1 fully saturated rings. The van der Waals surface area contributed by atoms with E-state index in [4.69, 9.17) is 42.7 Å². The topological polar surface area (TPSA) is 155 Å². The van der Waals surface area contributed by atoms with Gasteiger partial charge in [-0.25, -0.2) is 9.36 Å². The number of ether oxygens (including phenoxy) is 1. The van der Waals surface area contributed by atoms with Gasteiger partial charge in [-0.15, -0.1) is 0 Å². The van der Waals surface area contributed by atoms with Gasteiger partial charge in [-0.1, -0.05) is 41.4 Å². The summed E-state index contributed by atoms with van der Waals surface area (Å²) in [5.41, 5.74) is 4.87. The molecular formula is C22H29Cl2N4O7P. The number of hydrogen-bond donors (Lipinski definition) is 3. The summed E-state index contributed by atoms with van der Waals surface area (Å²) < 4.78 is 29.5. The number of alkyl halides is 2. The lowest BCUT2D eigenvalue weighted by molar-refractivity contribution is -0.149. The molecule has 14 heteroatoms. The minimum atomic E-state index is -4.17. The smallest absolute Gasteiger partial charge is 0.459 e. The molecule has 0 aliphatic heterocycles. The van der Waals surface area contributed by atoms with E-state index in [2.05, 4.69) is 10.1 Å². The van der Waals surface area contributed by atoms with E-state index in [1.807, 2.05) is 0 Å². The monoisotopic (exact) mass is 562 g/mol. The number of aliphatic hydroxyl groups excluding tert-OH is 1. The summed E-state index contributed by atoms with van der Waals surface area (Å²) in [5, 5.41) is 13.4. The lowest BCUT2D eigenvalue weighted by atomic mass is 10.1. The van der Waals surface area contributed by atoms with Gasteiger partial charge < -0.3 is 20.1 Å². The Hall–Kier alpha value is -2.14. The fourth-order valence-electron chi connectivity index (χ4n) is 3.73. The molecule has 198 valence electrons. The van der Waals surface area contributed by atoms with Gasteiger partial charge in [0.15, 0.2) is 4.33 Å². The van der Waals surface area contributed by atoms with Crippen molar-refractivity contribution in [3.8, 4) is 5.75 Å². The van der Waals surface area contributed by atoms with Gasteiger partial charge in [0, 0.05) is 12.1 Å². The van der Waals surface area contributed by atoms with E-state index < -0.39 is 47.8 Å². The number of hydrogen-bond acceptors (Lipinski definition) is 9. The van der Waals surface area contributed by atoms with Gasteiger partial charge in [-0.05, 0) is 45.4 Å². The molecule has 1 unspecified atom stereocenters. The molecule has 0 radical (unpaired) electrons. The van der Waals surface area contributed by atoms with Crippen LogP contribution in [0, 0.1) is 5.92 Å². The Morgan fingerprint density at radius 1 is 1.31 bits per heavy atom. The van der Waals surface area contributed by atoms with E-state index in [-0.39, 0.29) is 30.7 Å². The molecule has 1 aliphatic rings. The van der Waals surface area contributed by atoms with E-state index >= 15 is 0 Å². The summed E-state index contributed by atoms with van der Waals surface area (Å²) in [4.78, 5) is 28.3. The third kappa shape index (κ3) is 6.79. The van der Waals surface area contributed by atoms with E-state index in [0.29, 0.717) is 0 Å². The molecule has 11 nitrogen and oxygen atoms in total. The number of nitrogens with one attached hydrogen (secondary N) is 1.